The maximum Gasteiger partial charge on any atom is 0.0642 e. The summed E-state index contributed by atoms with van der Waals surface area (Å²) in [5, 5.41) is 5.13. The highest BCUT2D eigenvalue weighted by atomic mass is 35.5. The van der Waals surface area contributed by atoms with Crippen LogP contribution in [0.25, 0.3) is 0 Å². The Morgan fingerprint density at radius 3 is 1.94 bits per heavy atom. The summed E-state index contributed by atoms with van der Waals surface area (Å²) in [6, 6.07) is 15.8. The van der Waals surface area contributed by atoms with Crippen molar-refractivity contribution in [2.24, 2.45) is 5.92 Å². The van der Waals surface area contributed by atoms with Gasteiger partial charge in [0.25, 0.3) is 0 Å². The van der Waals surface area contributed by atoms with E-state index in [-0.39, 0.29) is 0 Å². The summed E-state index contributed by atoms with van der Waals surface area (Å²) < 4.78 is 0. The molecule has 32 heavy (non-hydrogen) atoms. The van der Waals surface area contributed by atoms with E-state index in [4.69, 9.17) is 23.2 Å². The second-order valence-corrected chi connectivity index (χ2v) is 8.58. The summed E-state index contributed by atoms with van der Waals surface area (Å²) >= 11 is 11.9. The van der Waals surface area contributed by atoms with E-state index < -0.39 is 0 Å². The monoisotopic (exact) mass is 479 g/mol. The van der Waals surface area contributed by atoms with Crippen molar-refractivity contribution < 1.29 is 0 Å². The number of hydrogen-bond donors (Lipinski definition) is 1. The van der Waals surface area contributed by atoms with Crippen LogP contribution < -0.4 is 10.2 Å². The highest BCUT2D eigenvalue weighted by Crippen LogP contribution is 2.28. The predicted octanol–water partition coefficient (Wildman–Crippen LogP) is 7.16. The number of halogens is 2. The first kappa shape index (κ1) is 28.8. The van der Waals surface area contributed by atoms with E-state index in [1.807, 2.05) is 58.0 Å². The van der Waals surface area contributed by atoms with Crippen LogP contribution in [0.4, 0.5) is 5.69 Å². The molecular formula is C27H43Cl2N3. The van der Waals surface area contributed by atoms with E-state index in [1.54, 1.807) is 0 Å². The van der Waals surface area contributed by atoms with Crippen LogP contribution >= 0.6 is 23.2 Å². The molecule has 2 heterocycles. The summed E-state index contributed by atoms with van der Waals surface area (Å²) in [5.41, 5.74) is 2.43. The Balaban J connectivity index is 0.000000390. The Morgan fingerprint density at radius 2 is 1.44 bits per heavy atom. The lowest BCUT2D eigenvalue weighted by atomic mass is 9.97. The second-order valence-electron chi connectivity index (χ2n) is 7.73. The molecule has 3 nitrogen and oxygen atoms in total. The van der Waals surface area contributed by atoms with Gasteiger partial charge in [0.2, 0.25) is 0 Å². The van der Waals surface area contributed by atoms with Crippen LogP contribution in [0.2, 0.25) is 10.0 Å². The molecule has 4 rings (SSSR count). The largest absolute Gasteiger partial charge is 0.368 e. The maximum absolute atomic E-state index is 6.39. The lowest BCUT2D eigenvalue weighted by molar-refractivity contribution is 0.196. The molecule has 0 saturated carbocycles. The van der Waals surface area contributed by atoms with E-state index in [0.717, 1.165) is 42.1 Å². The summed E-state index contributed by atoms with van der Waals surface area (Å²) in [5.74, 6) is 0.890. The van der Waals surface area contributed by atoms with Crippen molar-refractivity contribution in [3.8, 4) is 0 Å². The van der Waals surface area contributed by atoms with Crippen molar-refractivity contribution in [2.45, 2.75) is 47.5 Å². The van der Waals surface area contributed by atoms with Gasteiger partial charge in [-0.25, -0.2) is 0 Å². The molecule has 2 fully saturated rings. The van der Waals surface area contributed by atoms with Crippen molar-refractivity contribution in [3.63, 3.8) is 0 Å². The van der Waals surface area contributed by atoms with E-state index in [9.17, 15) is 0 Å². The lowest BCUT2D eigenvalue weighted by Crippen LogP contribution is -2.48. The van der Waals surface area contributed by atoms with Gasteiger partial charge < -0.3 is 10.2 Å². The first-order chi connectivity index (χ1) is 15.6. The molecule has 0 atom stereocenters. The van der Waals surface area contributed by atoms with Crippen LogP contribution in [0.5, 0.6) is 0 Å². The molecule has 0 radical (unpaired) electrons. The predicted molar refractivity (Wildman–Crippen MR) is 145 cm³/mol. The quantitative estimate of drug-likeness (QED) is 0.503. The number of rotatable bonds is 3. The Kier molecular flexibility index (Phi) is 15.5. The van der Waals surface area contributed by atoms with Crippen LogP contribution in [0.1, 0.15) is 46.1 Å². The van der Waals surface area contributed by atoms with Gasteiger partial charge in [0.05, 0.1) is 10.7 Å². The van der Waals surface area contributed by atoms with Gasteiger partial charge in [0, 0.05) is 37.7 Å². The molecule has 2 saturated heterocycles. The van der Waals surface area contributed by atoms with E-state index >= 15 is 0 Å². The average molecular weight is 481 g/mol. The number of piperazine rings is 1. The number of aryl methyl sites for hydroxylation is 1. The SMILES string of the molecule is CC.CC.Cc1ccc(N2CCN(CC3CCNCC3)CC2)c(Cl)c1.Clc1ccccc1. The summed E-state index contributed by atoms with van der Waals surface area (Å²) in [6.07, 6.45) is 2.67. The third-order valence-electron chi connectivity index (χ3n) is 5.52. The fraction of sp³-hybridized carbons (Fsp3) is 0.556. The van der Waals surface area contributed by atoms with Gasteiger partial charge in [-0.1, -0.05) is 75.2 Å². The normalized spacial score (nSPS) is 16.5. The molecule has 2 aromatic carbocycles. The fourth-order valence-corrected chi connectivity index (χ4v) is 4.38. The number of nitrogens with one attached hydrogen (secondary N) is 1. The van der Waals surface area contributed by atoms with Crippen molar-refractivity contribution in [3.05, 3.63) is 64.1 Å². The van der Waals surface area contributed by atoms with E-state index in [1.165, 1.54) is 43.7 Å². The van der Waals surface area contributed by atoms with Crippen LogP contribution in [-0.4, -0.2) is 50.7 Å². The van der Waals surface area contributed by atoms with Crippen LogP contribution in [0.15, 0.2) is 48.5 Å². The number of anilines is 1. The molecule has 0 amide bonds. The minimum absolute atomic E-state index is 0.794. The minimum atomic E-state index is 0.794. The summed E-state index contributed by atoms with van der Waals surface area (Å²) in [7, 11) is 0. The number of benzene rings is 2. The standard InChI is InChI=1S/C17H26ClN3.C6H5Cl.2C2H6/c1-14-2-3-17(16(18)12-14)21-10-8-20(9-11-21)13-15-4-6-19-7-5-15;7-6-4-2-1-3-5-6;2*1-2/h2-3,12,15,19H,4-11,13H2,1H3;1-5H;2*1-2H3. The maximum atomic E-state index is 6.39. The first-order valence-corrected chi connectivity index (χ1v) is 13.0. The Bertz CT molecular complexity index is 710. The highest BCUT2D eigenvalue weighted by molar-refractivity contribution is 6.33. The Labute approximate surface area is 207 Å². The second kappa shape index (κ2) is 17.2. The molecule has 0 aromatic heterocycles. The van der Waals surface area contributed by atoms with Gasteiger partial charge in [-0.15, -0.1) is 0 Å². The molecule has 0 bridgehead atoms. The minimum Gasteiger partial charge on any atom is -0.368 e. The van der Waals surface area contributed by atoms with Gasteiger partial charge in [-0.2, -0.15) is 0 Å². The molecule has 5 heteroatoms. The smallest absolute Gasteiger partial charge is 0.0642 e. The zero-order valence-electron chi connectivity index (χ0n) is 20.7. The number of hydrogen-bond acceptors (Lipinski definition) is 3. The van der Waals surface area contributed by atoms with Crippen molar-refractivity contribution in [1.82, 2.24) is 10.2 Å². The third-order valence-corrected chi connectivity index (χ3v) is 6.08. The lowest BCUT2D eigenvalue weighted by Gasteiger charge is -2.38. The molecule has 0 unspecified atom stereocenters. The van der Waals surface area contributed by atoms with Crippen molar-refractivity contribution in [2.75, 3.05) is 50.7 Å². The molecule has 2 aliphatic rings. The summed E-state index contributed by atoms with van der Waals surface area (Å²) in [4.78, 5) is 5.06. The first-order valence-electron chi connectivity index (χ1n) is 12.3. The molecule has 2 aliphatic heterocycles. The zero-order chi connectivity index (χ0) is 23.8. The topological polar surface area (TPSA) is 18.5 Å². The molecular weight excluding hydrogens is 437 g/mol. The zero-order valence-corrected chi connectivity index (χ0v) is 22.2. The van der Waals surface area contributed by atoms with Gasteiger partial charge in [0.1, 0.15) is 0 Å². The third kappa shape index (κ3) is 10.6. The van der Waals surface area contributed by atoms with Crippen LogP contribution in [0, 0.1) is 12.8 Å². The average Bonchev–Trinajstić information content (AvgIpc) is 2.84. The summed E-state index contributed by atoms with van der Waals surface area (Å²) in [6.45, 7) is 18.3. The molecule has 1 N–H and O–H groups in total. The van der Waals surface area contributed by atoms with Crippen molar-refractivity contribution in [1.29, 1.82) is 0 Å². The highest BCUT2D eigenvalue weighted by Gasteiger charge is 2.22. The van der Waals surface area contributed by atoms with E-state index in [2.05, 4.69) is 40.2 Å². The number of piperidine rings is 1. The Hall–Kier alpha value is -1.26. The van der Waals surface area contributed by atoms with Gasteiger partial charge in [-0.3, -0.25) is 4.90 Å². The van der Waals surface area contributed by atoms with Crippen LogP contribution in [0.3, 0.4) is 0 Å². The molecule has 0 spiro atoms. The molecule has 0 aliphatic carbocycles. The number of nitrogens with zero attached hydrogens (tertiary/aromatic N) is 2. The van der Waals surface area contributed by atoms with Gasteiger partial charge in [0.15, 0.2) is 0 Å². The molecule has 2 aromatic rings. The van der Waals surface area contributed by atoms with Crippen molar-refractivity contribution >= 4 is 28.9 Å². The molecule has 180 valence electrons. The Morgan fingerprint density at radius 1 is 0.844 bits per heavy atom. The fourth-order valence-electron chi connectivity index (χ4n) is 3.88. The van der Waals surface area contributed by atoms with Gasteiger partial charge >= 0.3 is 0 Å². The van der Waals surface area contributed by atoms with Crippen LogP contribution in [-0.2, 0) is 0 Å². The van der Waals surface area contributed by atoms with E-state index in [0.29, 0.717) is 0 Å². The van der Waals surface area contributed by atoms with Gasteiger partial charge in [-0.05, 0) is 68.6 Å².